The molecular formula is C19H19N3O2S. The van der Waals surface area contributed by atoms with Gasteiger partial charge in [-0.2, -0.15) is 0 Å². The van der Waals surface area contributed by atoms with E-state index in [1.54, 1.807) is 18.6 Å². The van der Waals surface area contributed by atoms with E-state index in [-0.39, 0.29) is 6.04 Å². The lowest BCUT2D eigenvalue weighted by molar-refractivity contribution is 0.576. The molecule has 1 heterocycles. The van der Waals surface area contributed by atoms with E-state index in [9.17, 15) is 8.42 Å². The van der Waals surface area contributed by atoms with Crippen molar-refractivity contribution in [1.82, 2.24) is 14.3 Å². The molecule has 0 aliphatic carbocycles. The van der Waals surface area contributed by atoms with E-state index >= 15 is 0 Å². The van der Waals surface area contributed by atoms with E-state index < -0.39 is 10.0 Å². The Hall–Kier alpha value is -2.70. The number of nitrogens with one attached hydrogen (secondary N) is 1. The average molecular weight is 353 g/mol. The van der Waals surface area contributed by atoms with Crippen molar-refractivity contribution in [3.05, 3.63) is 89.9 Å². The zero-order valence-electron chi connectivity index (χ0n) is 13.8. The van der Waals surface area contributed by atoms with E-state index in [0.717, 1.165) is 16.8 Å². The van der Waals surface area contributed by atoms with Crippen LogP contribution in [0.4, 0.5) is 0 Å². The van der Waals surface area contributed by atoms with Gasteiger partial charge < -0.3 is 4.57 Å². The van der Waals surface area contributed by atoms with Gasteiger partial charge in [0.15, 0.2) is 0 Å². The highest BCUT2D eigenvalue weighted by atomic mass is 32.2. The molecule has 128 valence electrons. The summed E-state index contributed by atoms with van der Waals surface area (Å²) < 4.78 is 29.0. The predicted octanol–water partition coefficient (Wildman–Crippen LogP) is 3.52. The van der Waals surface area contributed by atoms with Crippen molar-refractivity contribution in [1.29, 1.82) is 0 Å². The Labute approximate surface area is 147 Å². The first-order chi connectivity index (χ1) is 12.0. The fourth-order valence-corrected chi connectivity index (χ4v) is 3.48. The lowest BCUT2D eigenvalue weighted by Crippen LogP contribution is -2.24. The summed E-state index contributed by atoms with van der Waals surface area (Å²) in [7, 11) is -3.53. The van der Waals surface area contributed by atoms with Crippen LogP contribution < -0.4 is 4.72 Å². The first-order valence-electron chi connectivity index (χ1n) is 7.87. The monoisotopic (exact) mass is 353 g/mol. The maximum atomic E-state index is 12.2. The molecule has 0 bridgehead atoms. The fraction of sp³-hybridized carbons (Fsp3) is 0.105. The van der Waals surface area contributed by atoms with Gasteiger partial charge in [-0.1, -0.05) is 42.5 Å². The average Bonchev–Trinajstić information content (AvgIpc) is 3.15. The largest absolute Gasteiger partial charge is 0.306 e. The second kappa shape index (κ2) is 7.46. The van der Waals surface area contributed by atoms with E-state index in [0.29, 0.717) is 0 Å². The van der Waals surface area contributed by atoms with Crippen LogP contribution in [0.15, 0.2) is 78.7 Å². The van der Waals surface area contributed by atoms with Crippen LogP contribution in [-0.2, 0) is 10.0 Å². The molecule has 0 saturated carbocycles. The van der Waals surface area contributed by atoms with Crippen molar-refractivity contribution in [2.45, 2.75) is 13.0 Å². The summed E-state index contributed by atoms with van der Waals surface area (Å²) in [6.45, 7) is 1.82. The van der Waals surface area contributed by atoms with Crippen LogP contribution >= 0.6 is 0 Å². The molecule has 1 atom stereocenters. The molecule has 3 rings (SSSR count). The Bertz CT molecular complexity index is 932. The molecule has 1 aromatic heterocycles. The van der Waals surface area contributed by atoms with Gasteiger partial charge in [-0.25, -0.2) is 18.1 Å². The molecule has 0 amide bonds. The van der Waals surface area contributed by atoms with Crippen LogP contribution in [0, 0.1) is 0 Å². The third-order valence-electron chi connectivity index (χ3n) is 3.78. The molecule has 2 aromatic carbocycles. The number of imidazole rings is 1. The maximum Gasteiger partial charge on any atom is 0.234 e. The Kier molecular flexibility index (Phi) is 5.11. The van der Waals surface area contributed by atoms with Gasteiger partial charge in [-0.15, -0.1) is 0 Å². The van der Waals surface area contributed by atoms with Crippen LogP contribution in [-0.4, -0.2) is 18.0 Å². The maximum absolute atomic E-state index is 12.2. The molecule has 6 heteroatoms. The summed E-state index contributed by atoms with van der Waals surface area (Å²) in [5.41, 5.74) is 2.70. The quantitative estimate of drug-likeness (QED) is 0.737. The van der Waals surface area contributed by atoms with Crippen molar-refractivity contribution in [2.75, 3.05) is 0 Å². The second-order valence-electron chi connectivity index (χ2n) is 5.66. The van der Waals surface area contributed by atoms with Gasteiger partial charge in [0, 0.05) is 29.5 Å². The number of hydrogen-bond acceptors (Lipinski definition) is 3. The topological polar surface area (TPSA) is 64.0 Å². The van der Waals surface area contributed by atoms with Crippen LogP contribution in [0.1, 0.15) is 24.1 Å². The standard InChI is InChI=1S/C19H19N3O2S/c1-16(18-7-9-19(10-8-18)22-13-12-20-15-22)21-25(23,24)14-11-17-5-3-2-4-6-17/h2-16,21H,1H3/b14-11+. The molecule has 0 aliphatic heterocycles. The number of sulfonamides is 1. The minimum absolute atomic E-state index is 0.331. The van der Waals surface area contributed by atoms with Crippen LogP contribution in [0.3, 0.4) is 0 Å². The Balaban J connectivity index is 1.68. The highest BCUT2D eigenvalue weighted by Crippen LogP contribution is 2.17. The highest BCUT2D eigenvalue weighted by molar-refractivity contribution is 7.92. The van der Waals surface area contributed by atoms with Gasteiger partial charge in [0.1, 0.15) is 0 Å². The van der Waals surface area contributed by atoms with Crippen molar-refractivity contribution in [3.8, 4) is 5.69 Å². The molecule has 0 fully saturated rings. The minimum Gasteiger partial charge on any atom is -0.306 e. The Morgan fingerprint density at radius 2 is 1.80 bits per heavy atom. The fourth-order valence-electron chi connectivity index (χ4n) is 2.43. The minimum atomic E-state index is -3.53. The molecule has 3 aromatic rings. The van der Waals surface area contributed by atoms with E-state index in [1.165, 1.54) is 5.41 Å². The predicted molar refractivity (Wildman–Crippen MR) is 99.5 cm³/mol. The zero-order chi connectivity index (χ0) is 17.7. The third kappa shape index (κ3) is 4.65. The van der Waals surface area contributed by atoms with Gasteiger partial charge in [0.25, 0.3) is 0 Å². The Morgan fingerprint density at radius 3 is 2.44 bits per heavy atom. The number of rotatable bonds is 6. The highest BCUT2D eigenvalue weighted by Gasteiger charge is 2.13. The van der Waals surface area contributed by atoms with Crippen LogP contribution in [0.5, 0.6) is 0 Å². The van der Waals surface area contributed by atoms with Crippen LogP contribution in [0.2, 0.25) is 0 Å². The van der Waals surface area contributed by atoms with E-state index in [4.69, 9.17) is 0 Å². The first-order valence-corrected chi connectivity index (χ1v) is 9.42. The summed E-state index contributed by atoms with van der Waals surface area (Å²) >= 11 is 0. The van der Waals surface area contributed by atoms with Crippen molar-refractivity contribution >= 4 is 16.1 Å². The summed E-state index contributed by atoms with van der Waals surface area (Å²) in [5, 5.41) is 1.19. The summed E-state index contributed by atoms with van der Waals surface area (Å²) in [6.07, 6.45) is 6.87. The smallest absolute Gasteiger partial charge is 0.234 e. The lowest BCUT2D eigenvalue weighted by Gasteiger charge is -2.13. The second-order valence-corrected chi connectivity index (χ2v) is 7.26. The molecule has 25 heavy (non-hydrogen) atoms. The normalized spacial score (nSPS) is 13.2. The number of nitrogens with zero attached hydrogens (tertiary/aromatic N) is 2. The molecular weight excluding hydrogens is 334 g/mol. The van der Waals surface area contributed by atoms with Gasteiger partial charge in [0.2, 0.25) is 10.0 Å². The van der Waals surface area contributed by atoms with Gasteiger partial charge in [-0.3, -0.25) is 0 Å². The van der Waals surface area contributed by atoms with Gasteiger partial charge >= 0.3 is 0 Å². The molecule has 0 aliphatic rings. The third-order valence-corrected chi connectivity index (χ3v) is 4.95. The molecule has 1 unspecified atom stereocenters. The van der Waals surface area contributed by atoms with Crippen molar-refractivity contribution in [2.24, 2.45) is 0 Å². The lowest BCUT2D eigenvalue weighted by atomic mass is 10.1. The first kappa shape index (κ1) is 17.1. The summed E-state index contributed by atoms with van der Waals surface area (Å²) in [5.74, 6) is 0. The summed E-state index contributed by atoms with van der Waals surface area (Å²) in [6, 6.07) is 16.7. The van der Waals surface area contributed by atoms with Crippen molar-refractivity contribution < 1.29 is 8.42 Å². The summed E-state index contributed by atoms with van der Waals surface area (Å²) in [4.78, 5) is 4.01. The van der Waals surface area contributed by atoms with Gasteiger partial charge in [0.05, 0.1) is 6.33 Å². The molecule has 0 saturated heterocycles. The van der Waals surface area contributed by atoms with Gasteiger partial charge in [-0.05, 0) is 36.3 Å². The van der Waals surface area contributed by atoms with Crippen molar-refractivity contribution in [3.63, 3.8) is 0 Å². The SMILES string of the molecule is CC(NS(=O)(=O)/C=C/c1ccccc1)c1ccc(-n2ccnc2)cc1. The molecule has 0 spiro atoms. The Morgan fingerprint density at radius 1 is 1.08 bits per heavy atom. The van der Waals surface area contributed by atoms with E-state index in [1.807, 2.05) is 72.3 Å². The molecule has 0 radical (unpaired) electrons. The molecule has 5 nitrogen and oxygen atoms in total. The molecule has 1 N–H and O–H groups in total. The number of benzene rings is 2. The zero-order valence-corrected chi connectivity index (χ0v) is 14.6. The van der Waals surface area contributed by atoms with E-state index in [2.05, 4.69) is 9.71 Å². The van der Waals surface area contributed by atoms with Crippen LogP contribution in [0.25, 0.3) is 11.8 Å². The number of hydrogen-bond donors (Lipinski definition) is 1. The number of aromatic nitrogens is 2.